The molecule has 0 amide bonds. The third-order valence-electron chi connectivity index (χ3n) is 5.76. The lowest BCUT2D eigenvalue weighted by Crippen LogP contribution is -2.28. The Morgan fingerprint density at radius 2 is 2.03 bits per heavy atom. The molecule has 4 rings (SSSR count). The Kier molecular flexibility index (Phi) is 5.14. The van der Waals surface area contributed by atoms with Crippen molar-refractivity contribution in [2.45, 2.75) is 46.1 Å². The van der Waals surface area contributed by atoms with Crippen LogP contribution in [0.3, 0.4) is 0 Å². The van der Waals surface area contributed by atoms with Crippen LogP contribution >= 0.6 is 0 Å². The van der Waals surface area contributed by atoms with E-state index in [2.05, 4.69) is 37.8 Å². The summed E-state index contributed by atoms with van der Waals surface area (Å²) < 4.78 is 5.43. The lowest BCUT2D eigenvalue weighted by Gasteiger charge is -2.27. The molecule has 5 nitrogen and oxygen atoms in total. The average molecular weight is 390 g/mol. The molecule has 29 heavy (non-hydrogen) atoms. The van der Waals surface area contributed by atoms with Gasteiger partial charge in [-0.05, 0) is 55.9 Å². The minimum Gasteiger partial charge on any atom is -0.449 e. The fourth-order valence-corrected chi connectivity index (χ4v) is 4.31. The third kappa shape index (κ3) is 3.53. The summed E-state index contributed by atoms with van der Waals surface area (Å²) in [6.07, 6.45) is 1.69. The SMILES string of the molecule is CCc1cc(C)c2nc(N3CCCC3C)c(OC(=O)O)c(-c3ccccc3)c2c1. The summed E-state index contributed by atoms with van der Waals surface area (Å²) in [5.41, 5.74) is 4.90. The first kappa shape index (κ1) is 19.2. The minimum atomic E-state index is -1.32. The predicted molar refractivity (Wildman–Crippen MR) is 116 cm³/mol. The van der Waals surface area contributed by atoms with E-state index in [4.69, 9.17) is 9.72 Å². The number of ether oxygens (including phenoxy) is 1. The van der Waals surface area contributed by atoms with Gasteiger partial charge in [0.1, 0.15) is 0 Å². The van der Waals surface area contributed by atoms with Crippen molar-refractivity contribution in [2.75, 3.05) is 11.4 Å². The van der Waals surface area contributed by atoms with E-state index in [0.29, 0.717) is 11.6 Å². The van der Waals surface area contributed by atoms with Crippen molar-refractivity contribution >= 4 is 22.9 Å². The number of hydrogen-bond donors (Lipinski definition) is 1. The summed E-state index contributed by atoms with van der Waals surface area (Å²) in [6.45, 7) is 7.18. The molecule has 1 N–H and O–H groups in total. The van der Waals surface area contributed by atoms with Crippen molar-refractivity contribution in [3.8, 4) is 16.9 Å². The average Bonchev–Trinajstić information content (AvgIpc) is 3.13. The van der Waals surface area contributed by atoms with Crippen LogP contribution in [0.25, 0.3) is 22.0 Å². The molecule has 1 aromatic heterocycles. The van der Waals surface area contributed by atoms with Crippen LogP contribution in [0.15, 0.2) is 42.5 Å². The van der Waals surface area contributed by atoms with Gasteiger partial charge in [0.15, 0.2) is 11.6 Å². The van der Waals surface area contributed by atoms with Gasteiger partial charge in [0.25, 0.3) is 0 Å². The second-order valence-electron chi connectivity index (χ2n) is 7.72. The molecule has 150 valence electrons. The monoisotopic (exact) mass is 390 g/mol. The number of fused-ring (bicyclic) bond motifs is 1. The van der Waals surface area contributed by atoms with E-state index in [1.165, 1.54) is 5.56 Å². The van der Waals surface area contributed by atoms with Crippen LogP contribution in [0.5, 0.6) is 5.75 Å². The molecular weight excluding hydrogens is 364 g/mol. The van der Waals surface area contributed by atoms with Crippen LogP contribution in [0.4, 0.5) is 10.6 Å². The topological polar surface area (TPSA) is 62.7 Å². The highest BCUT2D eigenvalue weighted by Gasteiger charge is 2.29. The van der Waals surface area contributed by atoms with E-state index >= 15 is 0 Å². The summed E-state index contributed by atoms with van der Waals surface area (Å²) in [6, 6.07) is 14.4. The Labute approximate surface area is 170 Å². The molecule has 1 saturated heterocycles. The summed E-state index contributed by atoms with van der Waals surface area (Å²) in [5, 5.41) is 10.5. The molecule has 1 atom stereocenters. The first-order chi connectivity index (χ1) is 14.0. The number of nitrogens with zero attached hydrogens (tertiary/aromatic N) is 2. The fourth-order valence-electron chi connectivity index (χ4n) is 4.31. The molecule has 1 aliphatic rings. The van der Waals surface area contributed by atoms with Crippen molar-refractivity contribution < 1.29 is 14.6 Å². The normalized spacial score (nSPS) is 16.4. The zero-order chi connectivity index (χ0) is 20.5. The molecule has 0 radical (unpaired) electrons. The van der Waals surface area contributed by atoms with Crippen molar-refractivity contribution in [3.05, 3.63) is 53.6 Å². The molecule has 0 bridgehead atoms. The quantitative estimate of drug-likeness (QED) is 0.569. The van der Waals surface area contributed by atoms with Crippen molar-refractivity contribution in [1.29, 1.82) is 0 Å². The van der Waals surface area contributed by atoms with E-state index in [0.717, 1.165) is 53.4 Å². The van der Waals surface area contributed by atoms with Gasteiger partial charge in [-0.25, -0.2) is 9.78 Å². The van der Waals surface area contributed by atoms with Crippen molar-refractivity contribution in [2.24, 2.45) is 0 Å². The highest BCUT2D eigenvalue weighted by molar-refractivity contribution is 6.02. The number of aryl methyl sites for hydroxylation is 2. The van der Waals surface area contributed by atoms with Gasteiger partial charge in [0.2, 0.25) is 0 Å². The molecule has 1 fully saturated rings. The van der Waals surface area contributed by atoms with Crippen LogP contribution in [0.2, 0.25) is 0 Å². The number of benzene rings is 2. The Morgan fingerprint density at radius 1 is 1.28 bits per heavy atom. The maximum Gasteiger partial charge on any atom is 0.511 e. The first-order valence-corrected chi connectivity index (χ1v) is 10.2. The predicted octanol–water partition coefficient (Wildman–Crippen LogP) is 5.82. The molecule has 1 aliphatic heterocycles. The second kappa shape index (κ2) is 7.74. The molecular formula is C24H26N2O3. The van der Waals surface area contributed by atoms with Crippen molar-refractivity contribution in [1.82, 2.24) is 4.98 Å². The summed E-state index contributed by atoms with van der Waals surface area (Å²) in [5.74, 6) is 0.953. The molecule has 2 heterocycles. The number of carbonyl (C=O) groups is 1. The van der Waals surface area contributed by atoms with E-state index in [1.54, 1.807) is 0 Å². The largest absolute Gasteiger partial charge is 0.511 e. The minimum absolute atomic E-state index is 0.287. The lowest BCUT2D eigenvalue weighted by atomic mass is 9.95. The second-order valence-corrected chi connectivity index (χ2v) is 7.72. The van der Waals surface area contributed by atoms with Crippen LogP contribution in [0.1, 0.15) is 37.8 Å². The van der Waals surface area contributed by atoms with Gasteiger partial charge in [0, 0.05) is 23.5 Å². The van der Waals surface area contributed by atoms with E-state index < -0.39 is 6.16 Å². The number of rotatable bonds is 4. The van der Waals surface area contributed by atoms with Gasteiger partial charge in [-0.1, -0.05) is 43.3 Å². The molecule has 0 saturated carbocycles. The number of carboxylic acid groups (broad SMARTS) is 1. The highest BCUT2D eigenvalue weighted by atomic mass is 16.7. The van der Waals surface area contributed by atoms with Gasteiger partial charge in [0.05, 0.1) is 5.52 Å². The highest BCUT2D eigenvalue weighted by Crippen LogP contribution is 2.45. The van der Waals surface area contributed by atoms with E-state index in [9.17, 15) is 9.90 Å². The Morgan fingerprint density at radius 3 is 2.66 bits per heavy atom. The standard InChI is InChI=1S/C24H26N2O3/c1-4-17-13-15(2)21-19(14-17)20(18-10-6-5-7-11-18)22(29-24(27)28)23(25-21)26-12-8-9-16(26)3/h5-7,10-11,13-14,16H,4,8-9,12H2,1-3H3,(H,27,28). The number of pyridine rings is 1. The zero-order valence-corrected chi connectivity index (χ0v) is 17.1. The number of aromatic nitrogens is 1. The molecule has 0 aliphatic carbocycles. The maximum absolute atomic E-state index is 11.7. The Bertz CT molecular complexity index is 1060. The molecule has 5 heteroatoms. The molecule has 1 unspecified atom stereocenters. The van der Waals surface area contributed by atoms with Gasteiger partial charge >= 0.3 is 6.16 Å². The van der Waals surface area contributed by atoms with Gasteiger partial charge in [-0.15, -0.1) is 0 Å². The number of anilines is 1. The summed E-state index contributed by atoms with van der Waals surface area (Å²) in [4.78, 5) is 18.8. The first-order valence-electron chi connectivity index (χ1n) is 10.2. The van der Waals surface area contributed by atoms with Crippen LogP contribution in [-0.4, -0.2) is 28.8 Å². The van der Waals surface area contributed by atoms with Crippen LogP contribution in [-0.2, 0) is 6.42 Å². The van der Waals surface area contributed by atoms with Gasteiger partial charge in [-0.2, -0.15) is 0 Å². The van der Waals surface area contributed by atoms with Gasteiger partial charge in [-0.3, -0.25) is 0 Å². The maximum atomic E-state index is 11.7. The summed E-state index contributed by atoms with van der Waals surface area (Å²) >= 11 is 0. The number of hydrogen-bond acceptors (Lipinski definition) is 4. The van der Waals surface area contributed by atoms with E-state index in [1.807, 2.05) is 30.3 Å². The lowest BCUT2D eigenvalue weighted by molar-refractivity contribution is 0.144. The molecule has 0 spiro atoms. The Hall–Kier alpha value is -3.08. The smallest absolute Gasteiger partial charge is 0.449 e. The summed E-state index contributed by atoms with van der Waals surface area (Å²) in [7, 11) is 0. The fraction of sp³-hybridized carbons (Fsp3) is 0.333. The van der Waals surface area contributed by atoms with E-state index in [-0.39, 0.29) is 6.04 Å². The molecule has 2 aromatic carbocycles. The third-order valence-corrected chi connectivity index (χ3v) is 5.76. The van der Waals surface area contributed by atoms with Crippen LogP contribution in [0, 0.1) is 6.92 Å². The Balaban J connectivity index is 2.12. The van der Waals surface area contributed by atoms with Gasteiger partial charge < -0.3 is 14.7 Å². The molecule has 3 aromatic rings. The van der Waals surface area contributed by atoms with Crippen LogP contribution < -0.4 is 9.64 Å². The zero-order valence-electron chi connectivity index (χ0n) is 17.1. The van der Waals surface area contributed by atoms with Crippen molar-refractivity contribution in [3.63, 3.8) is 0 Å².